The van der Waals surface area contributed by atoms with E-state index in [4.69, 9.17) is 19.9 Å². The normalized spacial score (nSPS) is 12.1. The Labute approximate surface area is 839 Å². The van der Waals surface area contributed by atoms with Crippen molar-refractivity contribution in [2.45, 2.75) is 0 Å². The molecule has 11 aromatic heterocycles. The van der Waals surface area contributed by atoms with E-state index in [0.717, 1.165) is 88.8 Å². The lowest BCUT2D eigenvalue weighted by molar-refractivity contribution is 1.01. The number of nitrogens with zero attached hydrogens (tertiary/aromatic N) is 10. The Bertz CT molecular complexity index is 11300. The molecule has 0 aliphatic rings. The summed E-state index contributed by atoms with van der Waals surface area (Å²) in [5, 5.41) is 29.7. The van der Waals surface area contributed by atoms with Crippen LogP contribution in [0.4, 0.5) is 0 Å². The van der Waals surface area contributed by atoms with Crippen molar-refractivity contribution in [2.24, 2.45) is 0 Å². The van der Waals surface area contributed by atoms with Crippen LogP contribution in [0.5, 0.6) is 0 Å². The van der Waals surface area contributed by atoms with Gasteiger partial charge in [0.25, 0.3) is 0 Å². The molecule has 0 bridgehead atoms. The van der Waals surface area contributed by atoms with Gasteiger partial charge in [0, 0.05) is 169 Å². The Morgan fingerprint density at radius 2 is 0.455 bits per heavy atom. The molecule has 0 atom stereocenters. The summed E-state index contributed by atoms with van der Waals surface area (Å²) in [4.78, 5) is 21.3. The monoisotopic (exact) mass is 1900 g/mol. The SMILES string of the molecule is c1ccc(-c2nc(-n3c4cc5c(cc4c4ccc6sc7ccccc7c6c43)c3ccccc3n5-c3ccccc3)nc3ccccc23)cc1.c1ccc(-c2nc(-n3c4ccccc4c4cc5c6ccc7sc8ccccc8c7c6n(-c6ccccc6)c5cc43)nc3ccccc23)cc1.c1ccc(-n2c3cc4c(cc3c3ccc5sc6ccccc6c5c32)c2ccccc2n4-c2cc3ccccc3c3ccccc23)cc1. The Kier molecular flexibility index (Phi) is 18.0. The second-order valence-electron chi connectivity index (χ2n) is 37.7. The van der Waals surface area contributed by atoms with Crippen LogP contribution in [-0.2, 0) is 0 Å². The van der Waals surface area contributed by atoms with Gasteiger partial charge in [-0.15, -0.1) is 34.0 Å². The maximum Gasteiger partial charge on any atom is 0.235 e. The van der Waals surface area contributed by atoms with E-state index >= 15 is 0 Å². The summed E-state index contributed by atoms with van der Waals surface area (Å²) < 4.78 is 22.2. The van der Waals surface area contributed by atoms with E-state index in [0.29, 0.717) is 11.9 Å². The van der Waals surface area contributed by atoms with Crippen molar-refractivity contribution >= 4 is 269 Å². The molecule has 13 heteroatoms. The molecule has 0 saturated heterocycles. The van der Waals surface area contributed by atoms with E-state index in [9.17, 15) is 0 Å². The van der Waals surface area contributed by atoms with Gasteiger partial charge in [-0.3, -0.25) is 9.13 Å². The predicted octanol–water partition coefficient (Wildman–Crippen LogP) is 36.3. The maximum atomic E-state index is 5.44. The summed E-state index contributed by atoms with van der Waals surface area (Å²) in [7, 11) is 0. The first-order valence-corrected chi connectivity index (χ1v) is 51.6. The topological polar surface area (TPSA) is 81.1 Å². The average Bonchev–Trinajstić information content (AvgIpc) is 1.54. The van der Waals surface area contributed by atoms with Gasteiger partial charge in [0.2, 0.25) is 11.9 Å². The maximum absolute atomic E-state index is 5.44. The molecule has 33 rings (SSSR count). The molecule has 0 aliphatic heterocycles. The highest BCUT2D eigenvalue weighted by molar-refractivity contribution is 7.27. The Balaban J connectivity index is 0.0000000990. The fourth-order valence-corrected chi connectivity index (χ4v) is 27.1. The Morgan fingerprint density at radius 3 is 0.897 bits per heavy atom. The van der Waals surface area contributed by atoms with Crippen LogP contribution in [-0.4, -0.2) is 47.3 Å². The number of fused-ring (bicyclic) bond motifs is 35. The van der Waals surface area contributed by atoms with Crippen molar-refractivity contribution in [3.63, 3.8) is 0 Å². The molecule has 33 aromatic rings. The molecule has 0 fully saturated rings. The number of rotatable bonds is 8. The summed E-state index contributed by atoms with van der Waals surface area (Å²) in [5.74, 6) is 1.33. The third-order valence-electron chi connectivity index (χ3n) is 29.9. The smallest absolute Gasteiger partial charge is 0.235 e. The van der Waals surface area contributed by atoms with Gasteiger partial charge in [0.15, 0.2) is 0 Å². The van der Waals surface area contributed by atoms with Gasteiger partial charge >= 0.3 is 0 Å². The minimum absolute atomic E-state index is 0.664. The molecule has 10 nitrogen and oxygen atoms in total. The second kappa shape index (κ2) is 32.0. The van der Waals surface area contributed by atoms with Gasteiger partial charge < -0.3 is 18.3 Å². The number of aromatic nitrogens is 10. The molecule has 0 aliphatic carbocycles. The highest BCUT2D eigenvalue weighted by Gasteiger charge is 2.30. The van der Waals surface area contributed by atoms with E-state index in [1.807, 2.05) is 40.1 Å². The van der Waals surface area contributed by atoms with Crippen LogP contribution < -0.4 is 0 Å². The quantitative estimate of drug-likeness (QED) is 0.142. The summed E-state index contributed by atoms with van der Waals surface area (Å²) in [6.45, 7) is 0. The zero-order chi connectivity index (χ0) is 94.7. The van der Waals surface area contributed by atoms with Crippen LogP contribution in [0.1, 0.15) is 0 Å². The molecule has 0 radical (unpaired) electrons. The molecule has 145 heavy (non-hydrogen) atoms. The Morgan fingerprint density at radius 1 is 0.159 bits per heavy atom. The van der Waals surface area contributed by atoms with Gasteiger partial charge in [0.1, 0.15) is 0 Å². The van der Waals surface area contributed by atoms with Gasteiger partial charge in [0.05, 0.1) is 94.3 Å². The highest BCUT2D eigenvalue weighted by atomic mass is 32.1. The third kappa shape index (κ3) is 12.3. The zero-order valence-electron chi connectivity index (χ0n) is 77.7. The molecule has 0 spiro atoms. The fourth-order valence-electron chi connectivity index (χ4n) is 23.7. The number of thiophene rings is 3. The molecular weight excluding hydrogens is 1820 g/mol. The standard InChI is InChI=1S/2C44H26N4S.C44H26N2S/c1-3-13-27(14-4-1)42-31-18-7-10-20-35(31)45-44(46-42)48-36-21-11-8-17-29(36)33-25-34-30-23-24-40-41(32-19-9-12-22-39(32)49-40)43(30)47(37(34)26-38(33)48)28-15-5-2-6-16-28;1-3-13-27(14-4-1)42-31-18-7-10-20-35(31)45-44(46-42)48-38-26-37-33(29-17-8-11-21-36(29)47(37)28-15-5-2-6-16-28)25-34(38)30-23-24-40-41(43(30)48)32-19-9-12-22-39(32)49-40;1-2-13-28(14-3-1)45-39-26-40-35(25-36(39)33-22-23-42-43(44(33)45)34-19-9-11-21-41(34)47-42)32-18-8-10-20-37(32)46(40)38-24-27-12-4-5-15-29(27)30-16-6-7-17-31(30)38/h2*1-26H;1-26H. The van der Waals surface area contributed by atoms with Gasteiger partial charge in [-0.2, -0.15) is 0 Å². The lowest BCUT2D eigenvalue weighted by atomic mass is 10.00. The van der Waals surface area contributed by atoms with Crippen molar-refractivity contribution < 1.29 is 0 Å². The first kappa shape index (κ1) is 81.3. The second-order valence-corrected chi connectivity index (χ2v) is 41.0. The average molecular weight is 1900 g/mol. The van der Waals surface area contributed by atoms with Crippen molar-refractivity contribution in [3.05, 3.63) is 473 Å². The van der Waals surface area contributed by atoms with Crippen molar-refractivity contribution in [3.8, 4) is 57.2 Å². The number of para-hydroxylation sites is 8. The largest absolute Gasteiger partial charge is 0.309 e. The van der Waals surface area contributed by atoms with E-state index in [2.05, 4.69) is 495 Å². The molecule has 0 unspecified atom stereocenters. The molecule has 0 amide bonds. The van der Waals surface area contributed by atoms with Crippen LogP contribution in [0.25, 0.3) is 292 Å². The molecule has 22 aromatic carbocycles. The fraction of sp³-hybridized carbons (Fsp3) is 0. The molecule has 11 heterocycles. The summed E-state index contributed by atoms with van der Waals surface area (Å²) >= 11 is 5.58. The van der Waals surface area contributed by atoms with Gasteiger partial charge in [-0.05, 0) is 162 Å². The lowest BCUT2D eigenvalue weighted by Crippen LogP contribution is -2.04. The van der Waals surface area contributed by atoms with E-state index in [-0.39, 0.29) is 0 Å². The van der Waals surface area contributed by atoms with Crippen molar-refractivity contribution in [1.82, 2.24) is 47.3 Å². The van der Waals surface area contributed by atoms with Crippen LogP contribution in [0.3, 0.4) is 0 Å². The van der Waals surface area contributed by atoms with E-state index in [1.165, 1.54) is 191 Å². The van der Waals surface area contributed by atoms with E-state index in [1.54, 1.807) is 0 Å². The Hall–Kier alpha value is -18.5. The van der Waals surface area contributed by atoms with Crippen LogP contribution >= 0.6 is 34.0 Å². The molecular formula is C132H78N10S3. The lowest BCUT2D eigenvalue weighted by Gasteiger charge is -2.15. The van der Waals surface area contributed by atoms with Crippen molar-refractivity contribution in [2.75, 3.05) is 0 Å². The highest BCUT2D eigenvalue weighted by Crippen LogP contribution is 2.52. The predicted molar refractivity (Wildman–Crippen MR) is 616 cm³/mol. The summed E-state index contributed by atoms with van der Waals surface area (Å²) in [5.41, 5.74) is 24.6. The molecule has 0 N–H and O–H groups in total. The van der Waals surface area contributed by atoms with Crippen molar-refractivity contribution in [1.29, 1.82) is 0 Å². The first-order valence-electron chi connectivity index (χ1n) is 49.1. The van der Waals surface area contributed by atoms with Crippen LogP contribution in [0.15, 0.2) is 473 Å². The molecule has 0 saturated carbocycles. The van der Waals surface area contributed by atoms with Gasteiger partial charge in [-0.25, -0.2) is 19.9 Å². The number of hydrogen-bond acceptors (Lipinski definition) is 7. The zero-order valence-corrected chi connectivity index (χ0v) is 80.2. The summed E-state index contributed by atoms with van der Waals surface area (Å²) in [6.07, 6.45) is 0. The van der Waals surface area contributed by atoms with Crippen LogP contribution in [0.2, 0.25) is 0 Å². The van der Waals surface area contributed by atoms with E-state index < -0.39 is 0 Å². The van der Waals surface area contributed by atoms with Crippen LogP contribution in [0, 0.1) is 0 Å². The number of hydrogen-bond donors (Lipinski definition) is 0. The first-order chi connectivity index (χ1) is 72.0. The van der Waals surface area contributed by atoms with Gasteiger partial charge in [-0.1, -0.05) is 328 Å². The molecule has 674 valence electrons. The third-order valence-corrected chi connectivity index (χ3v) is 33.3. The minimum atomic E-state index is 0.664. The number of benzene rings is 22. The minimum Gasteiger partial charge on any atom is -0.309 e. The summed E-state index contributed by atoms with van der Waals surface area (Å²) in [6, 6.07) is 171.